The first kappa shape index (κ1) is 13.5. The van der Waals surface area contributed by atoms with Crippen molar-refractivity contribution in [3.63, 3.8) is 0 Å². The van der Waals surface area contributed by atoms with E-state index in [4.69, 9.17) is 4.74 Å². The summed E-state index contributed by atoms with van der Waals surface area (Å²) in [5, 5.41) is 3.04. The molecule has 0 aliphatic heterocycles. The second-order valence-electron chi connectivity index (χ2n) is 5.11. The molecule has 1 fully saturated rings. The molecule has 0 aromatic carbocycles. The Morgan fingerprint density at radius 3 is 2.44 bits per heavy atom. The monoisotopic (exact) mass is 227 g/mol. The van der Waals surface area contributed by atoms with E-state index in [0.717, 1.165) is 0 Å². The molecule has 0 heterocycles. The summed E-state index contributed by atoms with van der Waals surface area (Å²) in [5.74, 6) is 0.684. The van der Waals surface area contributed by atoms with E-state index in [1.54, 1.807) is 0 Å². The van der Waals surface area contributed by atoms with Crippen LogP contribution in [0.3, 0.4) is 0 Å². The fraction of sp³-hybridized carbons (Fsp3) is 0.923. The average Bonchev–Trinajstić information content (AvgIpc) is 2.27. The third kappa shape index (κ3) is 4.97. The van der Waals surface area contributed by atoms with E-state index in [0.29, 0.717) is 12.0 Å². The average molecular weight is 227 g/mol. The van der Waals surface area contributed by atoms with Crippen molar-refractivity contribution in [2.75, 3.05) is 6.61 Å². The van der Waals surface area contributed by atoms with Crippen molar-refractivity contribution in [1.82, 2.24) is 5.32 Å². The summed E-state index contributed by atoms with van der Waals surface area (Å²) >= 11 is 0. The molecule has 0 spiro atoms. The lowest BCUT2D eigenvalue weighted by Crippen LogP contribution is -2.41. The molecule has 3 heteroatoms. The molecule has 1 aliphatic rings. The van der Waals surface area contributed by atoms with Crippen molar-refractivity contribution < 1.29 is 9.53 Å². The molecular formula is C13H25NO2. The van der Waals surface area contributed by atoms with Gasteiger partial charge in [0.05, 0.1) is 6.10 Å². The number of amides is 1. The standard InChI is InChI=1S/C13H25NO2/c1-10(2)16-9-13(15)14-11(3)12-7-5-4-6-8-12/h10-12H,4-9H2,1-3H3,(H,14,15)/t11-/m0/s1. The highest BCUT2D eigenvalue weighted by atomic mass is 16.5. The summed E-state index contributed by atoms with van der Waals surface area (Å²) in [4.78, 5) is 11.6. The van der Waals surface area contributed by atoms with Crippen LogP contribution < -0.4 is 5.32 Å². The number of ether oxygens (including phenoxy) is 1. The van der Waals surface area contributed by atoms with Gasteiger partial charge in [0.1, 0.15) is 6.61 Å². The van der Waals surface area contributed by atoms with Crippen LogP contribution in [-0.2, 0) is 9.53 Å². The van der Waals surface area contributed by atoms with E-state index in [1.165, 1.54) is 32.1 Å². The van der Waals surface area contributed by atoms with Gasteiger partial charge in [-0.05, 0) is 39.5 Å². The smallest absolute Gasteiger partial charge is 0.246 e. The van der Waals surface area contributed by atoms with Crippen LogP contribution in [-0.4, -0.2) is 24.7 Å². The summed E-state index contributed by atoms with van der Waals surface area (Å²) in [6, 6.07) is 0.295. The second kappa shape index (κ2) is 6.89. The minimum atomic E-state index is 0.0202. The van der Waals surface area contributed by atoms with Crippen LogP contribution in [0, 0.1) is 5.92 Å². The van der Waals surface area contributed by atoms with Gasteiger partial charge in [-0.1, -0.05) is 19.3 Å². The predicted molar refractivity (Wildman–Crippen MR) is 65.3 cm³/mol. The molecule has 0 bridgehead atoms. The van der Waals surface area contributed by atoms with Gasteiger partial charge in [-0.2, -0.15) is 0 Å². The van der Waals surface area contributed by atoms with Gasteiger partial charge in [-0.25, -0.2) is 0 Å². The van der Waals surface area contributed by atoms with Gasteiger partial charge in [0, 0.05) is 6.04 Å². The zero-order valence-corrected chi connectivity index (χ0v) is 10.8. The van der Waals surface area contributed by atoms with Gasteiger partial charge in [0.2, 0.25) is 5.91 Å². The summed E-state index contributed by atoms with van der Waals surface area (Å²) in [6.07, 6.45) is 6.61. The lowest BCUT2D eigenvalue weighted by Gasteiger charge is -2.28. The number of hydrogen-bond donors (Lipinski definition) is 1. The lowest BCUT2D eigenvalue weighted by molar-refractivity contribution is -0.128. The maximum absolute atomic E-state index is 11.6. The molecule has 3 nitrogen and oxygen atoms in total. The Bertz CT molecular complexity index is 210. The number of rotatable bonds is 5. The predicted octanol–water partition coefficient (Wildman–Crippen LogP) is 2.50. The van der Waals surface area contributed by atoms with Crippen molar-refractivity contribution >= 4 is 5.91 Å². The molecule has 1 amide bonds. The Morgan fingerprint density at radius 1 is 1.25 bits per heavy atom. The van der Waals surface area contributed by atoms with Gasteiger partial charge in [0.15, 0.2) is 0 Å². The van der Waals surface area contributed by atoms with E-state index in [-0.39, 0.29) is 18.6 Å². The molecule has 0 radical (unpaired) electrons. The normalized spacial score (nSPS) is 19.8. The molecule has 0 unspecified atom stereocenters. The van der Waals surface area contributed by atoms with Crippen molar-refractivity contribution in [2.45, 2.75) is 65.0 Å². The first-order valence-corrected chi connectivity index (χ1v) is 6.50. The highest BCUT2D eigenvalue weighted by Gasteiger charge is 2.21. The summed E-state index contributed by atoms with van der Waals surface area (Å²) in [7, 11) is 0. The highest BCUT2D eigenvalue weighted by Crippen LogP contribution is 2.26. The summed E-state index contributed by atoms with van der Waals surface area (Å²) in [5.41, 5.74) is 0. The maximum Gasteiger partial charge on any atom is 0.246 e. The summed E-state index contributed by atoms with van der Waals surface area (Å²) in [6.45, 7) is 6.19. The number of carbonyl (C=O) groups is 1. The molecule has 1 atom stereocenters. The van der Waals surface area contributed by atoms with Crippen molar-refractivity contribution in [3.8, 4) is 0 Å². The Balaban J connectivity index is 2.21. The molecule has 0 aromatic rings. The fourth-order valence-corrected chi connectivity index (χ4v) is 2.29. The van der Waals surface area contributed by atoms with E-state index >= 15 is 0 Å². The van der Waals surface area contributed by atoms with Crippen LogP contribution in [0.2, 0.25) is 0 Å². The maximum atomic E-state index is 11.6. The van der Waals surface area contributed by atoms with E-state index in [9.17, 15) is 4.79 Å². The van der Waals surface area contributed by atoms with E-state index in [1.807, 2.05) is 13.8 Å². The number of hydrogen-bond acceptors (Lipinski definition) is 2. The second-order valence-corrected chi connectivity index (χ2v) is 5.11. The van der Waals surface area contributed by atoms with Crippen molar-refractivity contribution in [1.29, 1.82) is 0 Å². The SMILES string of the molecule is CC(C)OCC(=O)N[C@@H](C)C1CCCCC1. The third-order valence-corrected chi connectivity index (χ3v) is 3.29. The number of nitrogens with one attached hydrogen (secondary N) is 1. The van der Waals surface area contributed by atoms with Gasteiger partial charge in [-0.3, -0.25) is 4.79 Å². The Hall–Kier alpha value is -0.570. The quantitative estimate of drug-likeness (QED) is 0.783. The molecule has 1 N–H and O–H groups in total. The molecule has 0 aromatic heterocycles. The molecule has 1 rings (SSSR count). The Morgan fingerprint density at radius 2 is 1.88 bits per heavy atom. The van der Waals surface area contributed by atoms with Crippen LogP contribution in [0.5, 0.6) is 0 Å². The minimum Gasteiger partial charge on any atom is -0.369 e. The van der Waals surface area contributed by atoms with Crippen LogP contribution >= 0.6 is 0 Å². The van der Waals surface area contributed by atoms with E-state index < -0.39 is 0 Å². The Labute approximate surface area is 98.9 Å². The highest BCUT2D eigenvalue weighted by molar-refractivity contribution is 5.77. The van der Waals surface area contributed by atoms with Crippen molar-refractivity contribution in [3.05, 3.63) is 0 Å². The lowest BCUT2D eigenvalue weighted by atomic mass is 9.84. The molecule has 0 saturated heterocycles. The van der Waals surface area contributed by atoms with Gasteiger partial charge in [0.25, 0.3) is 0 Å². The van der Waals surface area contributed by atoms with Crippen LogP contribution in [0.4, 0.5) is 0 Å². The Kier molecular flexibility index (Phi) is 5.81. The van der Waals surface area contributed by atoms with Gasteiger partial charge >= 0.3 is 0 Å². The van der Waals surface area contributed by atoms with Crippen LogP contribution in [0.25, 0.3) is 0 Å². The van der Waals surface area contributed by atoms with Crippen molar-refractivity contribution in [2.24, 2.45) is 5.92 Å². The third-order valence-electron chi connectivity index (χ3n) is 3.29. The van der Waals surface area contributed by atoms with Crippen LogP contribution in [0.1, 0.15) is 52.9 Å². The van der Waals surface area contributed by atoms with Gasteiger partial charge < -0.3 is 10.1 Å². The van der Waals surface area contributed by atoms with E-state index in [2.05, 4.69) is 12.2 Å². The van der Waals surface area contributed by atoms with Gasteiger partial charge in [-0.15, -0.1) is 0 Å². The molecule has 1 saturated carbocycles. The largest absolute Gasteiger partial charge is 0.369 e. The fourth-order valence-electron chi connectivity index (χ4n) is 2.29. The molecule has 94 valence electrons. The topological polar surface area (TPSA) is 38.3 Å². The minimum absolute atomic E-state index is 0.0202. The van der Waals surface area contributed by atoms with Crippen LogP contribution in [0.15, 0.2) is 0 Å². The molecular weight excluding hydrogens is 202 g/mol. The number of carbonyl (C=O) groups excluding carboxylic acids is 1. The molecule has 16 heavy (non-hydrogen) atoms. The zero-order chi connectivity index (χ0) is 12.0. The first-order valence-electron chi connectivity index (χ1n) is 6.50. The molecule has 1 aliphatic carbocycles. The zero-order valence-electron chi connectivity index (χ0n) is 10.8. The summed E-state index contributed by atoms with van der Waals surface area (Å²) < 4.78 is 5.28. The first-order chi connectivity index (χ1) is 7.59.